The molecule has 0 unspecified atom stereocenters. The fraction of sp³-hybridized carbons (Fsp3) is 0.778. The predicted molar refractivity (Wildman–Crippen MR) is 49.4 cm³/mol. The topological polar surface area (TPSA) is 57.6 Å². The summed E-state index contributed by atoms with van der Waals surface area (Å²) in [6, 6.07) is 0. The summed E-state index contributed by atoms with van der Waals surface area (Å²) in [6.07, 6.45) is 1.86. The lowest BCUT2D eigenvalue weighted by Gasteiger charge is -2.13. The van der Waals surface area contributed by atoms with Crippen LogP contribution in [0.3, 0.4) is 0 Å². The van der Waals surface area contributed by atoms with E-state index in [2.05, 4.69) is 0 Å². The van der Waals surface area contributed by atoms with Crippen molar-refractivity contribution in [3.05, 3.63) is 0 Å². The van der Waals surface area contributed by atoms with Crippen LogP contribution in [0.25, 0.3) is 0 Å². The van der Waals surface area contributed by atoms with Crippen LogP contribution in [0, 0.1) is 0 Å². The predicted octanol–water partition coefficient (Wildman–Crippen LogP) is 1.11. The van der Waals surface area contributed by atoms with Crippen LogP contribution in [0.15, 0.2) is 0 Å². The lowest BCUT2D eigenvalue weighted by atomic mass is 10.2. The number of carboxylic acids is 1. The van der Waals surface area contributed by atoms with E-state index in [-0.39, 0.29) is 12.3 Å². The molecule has 0 aromatic carbocycles. The van der Waals surface area contributed by atoms with E-state index in [1.165, 1.54) is 0 Å². The molecule has 4 nitrogen and oxygen atoms in total. The second kappa shape index (κ2) is 6.46. The Morgan fingerprint density at radius 3 is 2.23 bits per heavy atom. The number of aliphatic carboxylic acids is 1. The van der Waals surface area contributed by atoms with Gasteiger partial charge in [0.05, 0.1) is 0 Å². The summed E-state index contributed by atoms with van der Waals surface area (Å²) in [5.41, 5.74) is 0. The van der Waals surface area contributed by atoms with Crippen molar-refractivity contribution in [3.8, 4) is 0 Å². The fourth-order valence-electron chi connectivity index (χ4n) is 0.920. The number of carbonyl (C=O) groups is 2. The van der Waals surface area contributed by atoms with Crippen LogP contribution >= 0.6 is 0 Å². The molecule has 0 bridgehead atoms. The van der Waals surface area contributed by atoms with Crippen molar-refractivity contribution in [2.75, 3.05) is 13.6 Å². The summed E-state index contributed by atoms with van der Waals surface area (Å²) < 4.78 is 0. The highest BCUT2D eigenvalue weighted by molar-refractivity contribution is 5.75. The Kier molecular flexibility index (Phi) is 5.93. The van der Waals surface area contributed by atoms with Crippen LogP contribution in [-0.4, -0.2) is 35.5 Å². The standard InChI is InChI=1S/C9H17NO3/c1-3-10(2)8(11)6-4-5-7-9(12)13/h3-7H2,1-2H3,(H,12,13). The molecule has 0 atom stereocenters. The molecule has 0 aromatic rings. The van der Waals surface area contributed by atoms with E-state index in [1.54, 1.807) is 11.9 Å². The van der Waals surface area contributed by atoms with Gasteiger partial charge in [0.25, 0.3) is 0 Å². The van der Waals surface area contributed by atoms with Gasteiger partial charge in [-0.2, -0.15) is 0 Å². The van der Waals surface area contributed by atoms with E-state index in [9.17, 15) is 9.59 Å². The zero-order valence-corrected chi connectivity index (χ0v) is 8.25. The molecule has 0 rings (SSSR count). The maximum absolute atomic E-state index is 11.2. The Labute approximate surface area is 78.5 Å². The molecule has 1 amide bonds. The third-order valence-electron chi connectivity index (χ3n) is 1.93. The van der Waals surface area contributed by atoms with Gasteiger partial charge in [0.2, 0.25) is 5.91 Å². The average Bonchev–Trinajstić information content (AvgIpc) is 2.10. The third kappa shape index (κ3) is 6.13. The molecule has 0 aliphatic carbocycles. The minimum Gasteiger partial charge on any atom is -0.481 e. The van der Waals surface area contributed by atoms with E-state index in [0.29, 0.717) is 25.8 Å². The van der Waals surface area contributed by atoms with Crippen LogP contribution in [0.1, 0.15) is 32.6 Å². The van der Waals surface area contributed by atoms with Gasteiger partial charge < -0.3 is 10.0 Å². The number of hydrogen-bond acceptors (Lipinski definition) is 2. The minimum absolute atomic E-state index is 0.0906. The van der Waals surface area contributed by atoms with Crippen molar-refractivity contribution in [2.45, 2.75) is 32.6 Å². The summed E-state index contributed by atoms with van der Waals surface area (Å²) in [6.45, 7) is 2.62. The third-order valence-corrected chi connectivity index (χ3v) is 1.93. The lowest BCUT2D eigenvalue weighted by molar-refractivity contribution is -0.137. The van der Waals surface area contributed by atoms with Crippen LogP contribution in [-0.2, 0) is 9.59 Å². The van der Waals surface area contributed by atoms with E-state index in [0.717, 1.165) is 0 Å². The SMILES string of the molecule is CCN(C)C(=O)CCCCC(=O)O. The molecule has 0 saturated carbocycles. The number of carboxylic acid groups (broad SMARTS) is 1. The van der Waals surface area contributed by atoms with Gasteiger partial charge in [0, 0.05) is 26.4 Å². The molecule has 0 radical (unpaired) electrons. The summed E-state index contributed by atoms with van der Waals surface area (Å²) >= 11 is 0. The molecular formula is C9H17NO3. The van der Waals surface area contributed by atoms with Gasteiger partial charge in [0.1, 0.15) is 0 Å². The van der Waals surface area contributed by atoms with Gasteiger partial charge in [-0.1, -0.05) is 0 Å². The first kappa shape index (κ1) is 11.9. The van der Waals surface area contributed by atoms with Crippen LogP contribution in [0.4, 0.5) is 0 Å². The van der Waals surface area contributed by atoms with Gasteiger partial charge >= 0.3 is 5.97 Å². The zero-order valence-electron chi connectivity index (χ0n) is 8.25. The quantitative estimate of drug-likeness (QED) is 0.634. The van der Waals surface area contributed by atoms with E-state index >= 15 is 0 Å². The van der Waals surface area contributed by atoms with Crippen molar-refractivity contribution < 1.29 is 14.7 Å². The molecule has 0 saturated heterocycles. The van der Waals surface area contributed by atoms with Crippen LogP contribution in [0.5, 0.6) is 0 Å². The highest BCUT2D eigenvalue weighted by Gasteiger charge is 2.05. The Hall–Kier alpha value is -1.06. The molecule has 76 valence electrons. The maximum atomic E-state index is 11.2. The maximum Gasteiger partial charge on any atom is 0.303 e. The van der Waals surface area contributed by atoms with Gasteiger partial charge in [-0.15, -0.1) is 0 Å². The number of carbonyl (C=O) groups excluding carboxylic acids is 1. The number of amides is 1. The van der Waals surface area contributed by atoms with Crippen molar-refractivity contribution in [1.82, 2.24) is 4.90 Å². The molecule has 0 aliphatic heterocycles. The summed E-state index contributed by atoms with van der Waals surface area (Å²) in [5, 5.41) is 8.34. The number of hydrogen-bond donors (Lipinski definition) is 1. The minimum atomic E-state index is -0.795. The summed E-state index contributed by atoms with van der Waals surface area (Å²) in [4.78, 5) is 23.0. The normalized spacial score (nSPS) is 9.69. The van der Waals surface area contributed by atoms with Crippen molar-refractivity contribution >= 4 is 11.9 Å². The van der Waals surface area contributed by atoms with Gasteiger partial charge in [-0.3, -0.25) is 9.59 Å². The average molecular weight is 187 g/mol. The Morgan fingerprint density at radius 1 is 1.23 bits per heavy atom. The molecule has 1 N–H and O–H groups in total. The number of unbranched alkanes of at least 4 members (excludes halogenated alkanes) is 1. The highest BCUT2D eigenvalue weighted by Crippen LogP contribution is 2.02. The van der Waals surface area contributed by atoms with Crippen LogP contribution in [0.2, 0.25) is 0 Å². The monoisotopic (exact) mass is 187 g/mol. The molecule has 0 fully saturated rings. The zero-order chi connectivity index (χ0) is 10.3. The Balaban J connectivity index is 3.42. The number of nitrogens with zero attached hydrogens (tertiary/aromatic N) is 1. The lowest BCUT2D eigenvalue weighted by Crippen LogP contribution is -2.25. The first-order valence-electron chi connectivity index (χ1n) is 4.53. The second-order valence-electron chi connectivity index (χ2n) is 3.01. The largest absolute Gasteiger partial charge is 0.481 e. The van der Waals surface area contributed by atoms with Crippen molar-refractivity contribution in [1.29, 1.82) is 0 Å². The van der Waals surface area contributed by atoms with Crippen molar-refractivity contribution in [2.24, 2.45) is 0 Å². The molecule has 0 aliphatic rings. The first-order chi connectivity index (χ1) is 6.07. The van der Waals surface area contributed by atoms with E-state index < -0.39 is 5.97 Å². The van der Waals surface area contributed by atoms with E-state index in [1.807, 2.05) is 6.92 Å². The molecule has 0 aromatic heterocycles. The Morgan fingerprint density at radius 2 is 1.77 bits per heavy atom. The van der Waals surface area contributed by atoms with Crippen molar-refractivity contribution in [3.63, 3.8) is 0 Å². The fourth-order valence-corrected chi connectivity index (χ4v) is 0.920. The van der Waals surface area contributed by atoms with Gasteiger partial charge in [-0.05, 0) is 19.8 Å². The first-order valence-corrected chi connectivity index (χ1v) is 4.53. The van der Waals surface area contributed by atoms with Crippen LogP contribution < -0.4 is 0 Å². The summed E-state index contributed by atoms with van der Waals surface area (Å²) in [7, 11) is 1.75. The molecule has 13 heavy (non-hydrogen) atoms. The van der Waals surface area contributed by atoms with Gasteiger partial charge in [-0.25, -0.2) is 0 Å². The molecular weight excluding hydrogens is 170 g/mol. The smallest absolute Gasteiger partial charge is 0.303 e. The van der Waals surface area contributed by atoms with Gasteiger partial charge in [0.15, 0.2) is 0 Å². The molecule has 4 heteroatoms. The molecule has 0 heterocycles. The van der Waals surface area contributed by atoms with E-state index in [4.69, 9.17) is 5.11 Å². The summed E-state index contributed by atoms with van der Waals surface area (Å²) in [5.74, 6) is -0.704. The molecule has 0 spiro atoms. The Bertz CT molecular complexity index is 180. The number of rotatable bonds is 6. The highest BCUT2D eigenvalue weighted by atomic mass is 16.4. The second-order valence-corrected chi connectivity index (χ2v) is 3.01.